The van der Waals surface area contributed by atoms with Crippen LogP contribution < -0.4 is 5.32 Å². The van der Waals surface area contributed by atoms with E-state index < -0.39 is 0 Å². The molecule has 0 aliphatic heterocycles. The summed E-state index contributed by atoms with van der Waals surface area (Å²) in [6.45, 7) is 11.2. The molecule has 0 spiro atoms. The molecule has 0 radical (unpaired) electrons. The van der Waals surface area contributed by atoms with Gasteiger partial charge in [-0.3, -0.25) is 0 Å². The fourth-order valence-corrected chi connectivity index (χ4v) is 2.66. The molecule has 1 aromatic rings. The van der Waals surface area contributed by atoms with Crippen molar-refractivity contribution in [2.75, 3.05) is 6.54 Å². The van der Waals surface area contributed by atoms with Crippen molar-refractivity contribution >= 4 is 0 Å². The van der Waals surface area contributed by atoms with E-state index in [1.807, 2.05) is 6.20 Å². The van der Waals surface area contributed by atoms with E-state index in [1.165, 1.54) is 18.7 Å². The van der Waals surface area contributed by atoms with Crippen LogP contribution in [-0.4, -0.2) is 16.1 Å². The standard InChI is InChI=1S/C14H25N3/c1-5-7-15-12(11-10-14(11,3)4)13-16-8-9-17(13)6-2/h8-9,11-12,15H,5-7,10H2,1-4H3. The van der Waals surface area contributed by atoms with Crippen molar-refractivity contribution in [3.63, 3.8) is 0 Å². The first-order valence-electron chi connectivity index (χ1n) is 6.84. The second-order valence-corrected chi connectivity index (χ2v) is 5.80. The van der Waals surface area contributed by atoms with Gasteiger partial charge in [0.1, 0.15) is 5.82 Å². The molecule has 1 aliphatic carbocycles. The van der Waals surface area contributed by atoms with Crippen molar-refractivity contribution in [3.05, 3.63) is 18.2 Å². The maximum Gasteiger partial charge on any atom is 0.126 e. The number of imidazole rings is 1. The summed E-state index contributed by atoms with van der Waals surface area (Å²) in [5.74, 6) is 1.96. The van der Waals surface area contributed by atoms with Crippen LogP contribution >= 0.6 is 0 Å². The Morgan fingerprint density at radius 2 is 2.24 bits per heavy atom. The third kappa shape index (κ3) is 2.54. The van der Waals surface area contributed by atoms with E-state index >= 15 is 0 Å². The average Bonchev–Trinajstić information content (AvgIpc) is 2.76. The summed E-state index contributed by atoms with van der Waals surface area (Å²) < 4.78 is 2.27. The Hall–Kier alpha value is -0.830. The lowest BCUT2D eigenvalue weighted by Crippen LogP contribution is -2.28. The maximum atomic E-state index is 4.57. The summed E-state index contributed by atoms with van der Waals surface area (Å²) in [7, 11) is 0. The van der Waals surface area contributed by atoms with Gasteiger partial charge in [0.05, 0.1) is 6.04 Å². The predicted molar refractivity (Wildman–Crippen MR) is 70.8 cm³/mol. The van der Waals surface area contributed by atoms with Gasteiger partial charge < -0.3 is 9.88 Å². The van der Waals surface area contributed by atoms with Gasteiger partial charge in [-0.2, -0.15) is 0 Å². The summed E-state index contributed by atoms with van der Waals surface area (Å²) in [6, 6.07) is 0.430. The van der Waals surface area contributed by atoms with Crippen molar-refractivity contribution in [1.29, 1.82) is 0 Å². The molecule has 3 nitrogen and oxygen atoms in total. The average molecular weight is 235 g/mol. The Labute approximate surface area is 105 Å². The fourth-order valence-electron chi connectivity index (χ4n) is 2.66. The first-order valence-corrected chi connectivity index (χ1v) is 6.84. The molecule has 0 saturated heterocycles. The third-order valence-electron chi connectivity index (χ3n) is 3.97. The molecular formula is C14H25N3. The lowest BCUT2D eigenvalue weighted by molar-refractivity contribution is 0.389. The monoisotopic (exact) mass is 235 g/mol. The number of hydrogen-bond acceptors (Lipinski definition) is 2. The zero-order valence-corrected chi connectivity index (χ0v) is 11.5. The molecular weight excluding hydrogens is 210 g/mol. The molecule has 17 heavy (non-hydrogen) atoms. The molecule has 0 bridgehead atoms. The molecule has 2 unspecified atom stereocenters. The van der Waals surface area contributed by atoms with E-state index in [9.17, 15) is 0 Å². The quantitative estimate of drug-likeness (QED) is 0.821. The molecule has 1 aliphatic rings. The minimum atomic E-state index is 0.430. The Kier molecular flexibility index (Phi) is 3.57. The fraction of sp³-hybridized carbons (Fsp3) is 0.786. The molecule has 0 aromatic carbocycles. The highest BCUT2D eigenvalue weighted by Gasteiger charge is 2.51. The molecule has 2 atom stereocenters. The Bertz CT molecular complexity index is 367. The van der Waals surface area contributed by atoms with Gasteiger partial charge in [0.25, 0.3) is 0 Å². The Morgan fingerprint density at radius 3 is 2.76 bits per heavy atom. The normalized spacial score (nSPS) is 23.6. The van der Waals surface area contributed by atoms with Crippen LogP contribution in [0.2, 0.25) is 0 Å². The van der Waals surface area contributed by atoms with Crippen LogP contribution in [0.4, 0.5) is 0 Å². The van der Waals surface area contributed by atoms with Crippen molar-refractivity contribution < 1.29 is 0 Å². The van der Waals surface area contributed by atoms with Crippen molar-refractivity contribution in [2.24, 2.45) is 11.3 Å². The van der Waals surface area contributed by atoms with E-state index in [-0.39, 0.29) is 0 Å². The van der Waals surface area contributed by atoms with Crippen LogP contribution in [-0.2, 0) is 6.54 Å². The first-order chi connectivity index (χ1) is 8.10. The summed E-state index contributed by atoms with van der Waals surface area (Å²) in [5, 5.41) is 3.68. The molecule has 1 saturated carbocycles. The van der Waals surface area contributed by atoms with Crippen LogP contribution in [0.15, 0.2) is 12.4 Å². The van der Waals surface area contributed by atoms with E-state index in [1.54, 1.807) is 0 Å². The lowest BCUT2D eigenvalue weighted by atomic mass is 10.0. The number of nitrogens with zero attached hydrogens (tertiary/aromatic N) is 2. The highest BCUT2D eigenvalue weighted by molar-refractivity contribution is 5.11. The van der Waals surface area contributed by atoms with Crippen molar-refractivity contribution in [3.8, 4) is 0 Å². The minimum absolute atomic E-state index is 0.430. The summed E-state index contributed by atoms with van der Waals surface area (Å²) in [4.78, 5) is 4.57. The minimum Gasteiger partial charge on any atom is -0.334 e. The molecule has 0 amide bonds. The second-order valence-electron chi connectivity index (χ2n) is 5.80. The largest absolute Gasteiger partial charge is 0.334 e. The first kappa shape index (κ1) is 12.6. The Balaban J connectivity index is 2.16. The highest BCUT2D eigenvalue weighted by atomic mass is 15.1. The number of aromatic nitrogens is 2. The molecule has 1 N–H and O–H groups in total. The van der Waals surface area contributed by atoms with Crippen LogP contribution in [0.25, 0.3) is 0 Å². The lowest BCUT2D eigenvalue weighted by Gasteiger charge is -2.20. The molecule has 96 valence electrons. The van der Waals surface area contributed by atoms with Gasteiger partial charge in [-0.1, -0.05) is 20.8 Å². The molecule has 2 rings (SSSR count). The Morgan fingerprint density at radius 1 is 1.53 bits per heavy atom. The van der Waals surface area contributed by atoms with Crippen LogP contribution in [0.5, 0.6) is 0 Å². The van der Waals surface area contributed by atoms with Gasteiger partial charge in [0.2, 0.25) is 0 Å². The summed E-state index contributed by atoms with van der Waals surface area (Å²) in [6.07, 6.45) is 6.50. The highest BCUT2D eigenvalue weighted by Crippen LogP contribution is 2.57. The number of hydrogen-bond donors (Lipinski definition) is 1. The number of nitrogens with one attached hydrogen (secondary N) is 1. The van der Waals surface area contributed by atoms with Crippen molar-refractivity contribution in [1.82, 2.24) is 14.9 Å². The van der Waals surface area contributed by atoms with E-state index in [2.05, 4.69) is 48.8 Å². The zero-order valence-electron chi connectivity index (χ0n) is 11.5. The van der Waals surface area contributed by atoms with Gasteiger partial charge in [0.15, 0.2) is 0 Å². The molecule has 1 fully saturated rings. The molecule has 3 heteroatoms. The molecule has 1 aromatic heterocycles. The van der Waals surface area contributed by atoms with Gasteiger partial charge in [0, 0.05) is 18.9 Å². The maximum absolute atomic E-state index is 4.57. The van der Waals surface area contributed by atoms with Gasteiger partial charge in [-0.05, 0) is 37.6 Å². The van der Waals surface area contributed by atoms with Gasteiger partial charge >= 0.3 is 0 Å². The van der Waals surface area contributed by atoms with E-state index in [0.29, 0.717) is 11.5 Å². The second kappa shape index (κ2) is 4.81. The van der Waals surface area contributed by atoms with Crippen LogP contribution in [0.3, 0.4) is 0 Å². The third-order valence-corrected chi connectivity index (χ3v) is 3.97. The topological polar surface area (TPSA) is 29.9 Å². The predicted octanol–water partition coefficient (Wildman–Crippen LogP) is 2.99. The summed E-state index contributed by atoms with van der Waals surface area (Å²) >= 11 is 0. The van der Waals surface area contributed by atoms with Crippen LogP contribution in [0, 0.1) is 11.3 Å². The van der Waals surface area contributed by atoms with E-state index in [0.717, 1.165) is 19.0 Å². The van der Waals surface area contributed by atoms with Crippen LogP contribution in [0.1, 0.15) is 52.4 Å². The smallest absolute Gasteiger partial charge is 0.126 e. The van der Waals surface area contributed by atoms with E-state index in [4.69, 9.17) is 0 Å². The SMILES string of the molecule is CCCNC(c1nccn1CC)C1CC1(C)C. The number of rotatable bonds is 6. The molecule has 1 heterocycles. The number of aryl methyl sites for hydroxylation is 1. The summed E-state index contributed by atoms with van der Waals surface area (Å²) in [5.41, 5.74) is 0.482. The van der Waals surface area contributed by atoms with Gasteiger partial charge in [-0.15, -0.1) is 0 Å². The zero-order chi connectivity index (χ0) is 12.5. The van der Waals surface area contributed by atoms with Crippen molar-refractivity contribution in [2.45, 2.75) is 53.1 Å². The van der Waals surface area contributed by atoms with Gasteiger partial charge in [-0.25, -0.2) is 4.98 Å².